The molecule has 0 atom stereocenters. The molecule has 23 heavy (non-hydrogen) atoms. The molecule has 0 unspecified atom stereocenters. The van der Waals surface area contributed by atoms with Gasteiger partial charge in [-0.1, -0.05) is 17.7 Å². The summed E-state index contributed by atoms with van der Waals surface area (Å²) in [5.74, 6) is 1.78. The van der Waals surface area contributed by atoms with Gasteiger partial charge in [0, 0.05) is 11.8 Å². The van der Waals surface area contributed by atoms with Crippen molar-refractivity contribution >= 4 is 23.2 Å². The third-order valence-electron chi connectivity index (χ3n) is 3.41. The topological polar surface area (TPSA) is 56.8 Å². The van der Waals surface area contributed by atoms with Crippen LogP contribution in [0, 0.1) is 0 Å². The summed E-state index contributed by atoms with van der Waals surface area (Å²) in [4.78, 5) is 12.2. The SMILES string of the molecule is COc1ccc(CC(=O)Nc2ccc3c(c2)OCCO3)cc1Cl. The summed E-state index contributed by atoms with van der Waals surface area (Å²) in [6.45, 7) is 1.05. The Morgan fingerprint density at radius 1 is 1.17 bits per heavy atom. The van der Waals surface area contributed by atoms with Crippen LogP contribution in [0.5, 0.6) is 17.2 Å². The highest BCUT2D eigenvalue weighted by molar-refractivity contribution is 6.32. The van der Waals surface area contributed by atoms with Crippen molar-refractivity contribution in [1.29, 1.82) is 0 Å². The molecule has 0 spiro atoms. The molecule has 2 aromatic rings. The van der Waals surface area contributed by atoms with Crippen molar-refractivity contribution in [3.63, 3.8) is 0 Å². The highest BCUT2D eigenvalue weighted by atomic mass is 35.5. The number of rotatable bonds is 4. The highest BCUT2D eigenvalue weighted by Crippen LogP contribution is 2.32. The van der Waals surface area contributed by atoms with Gasteiger partial charge in [0.25, 0.3) is 0 Å². The first-order chi connectivity index (χ1) is 11.2. The van der Waals surface area contributed by atoms with Crippen LogP contribution in [0.4, 0.5) is 5.69 Å². The van der Waals surface area contributed by atoms with Gasteiger partial charge in [0.2, 0.25) is 5.91 Å². The molecule has 5 nitrogen and oxygen atoms in total. The lowest BCUT2D eigenvalue weighted by Crippen LogP contribution is -2.17. The van der Waals surface area contributed by atoms with Crippen LogP contribution in [-0.2, 0) is 11.2 Å². The van der Waals surface area contributed by atoms with Crippen LogP contribution >= 0.6 is 11.6 Å². The Morgan fingerprint density at radius 2 is 1.96 bits per heavy atom. The van der Waals surface area contributed by atoms with Crippen molar-refractivity contribution in [1.82, 2.24) is 0 Å². The Balaban J connectivity index is 1.66. The minimum Gasteiger partial charge on any atom is -0.495 e. The second kappa shape index (κ2) is 6.79. The summed E-state index contributed by atoms with van der Waals surface area (Å²) >= 11 is 6.07. The largest absolute Gasteiger partial charge is 0.495 e. The van der Waals surface area contributed by atoms with E-state index in [1.165, 1.54) is 0 Å². The first-order valence-electron chi connectivity index (χ1n) is 7.17. The zero-order valence-corrected chi connectivity index (χ0v) is 13.4. The number of carbonyl (C=O) groups is 1. The first kappa shape index (κ1) is 15.5. The molecule has 2 aromatic carbocycles. The predicted molar refractivity (Wildman–Crippen MR) is 87.8 cm³/mol. The summed E-state index contributed by atoms with van der Waals surface area (Å²) in [7, 11) is 1.55. The lowest BCUT2D eigenvalue weighted by atomic mass is 10.1. The molecular formula is C17H16ClNO4. The first-order valence-corrected chi connectivity index (χ1v) is 7.55. The summed E-state index contributed by atoms with van der Waals surface area (Å²) in [6, 6.07) is 10.6. The quantitative estimate of drug-likeness (QED) is 0.932. The zero-order chi connectivity index (χ0) is 16.2. The van der Waals surface area contributed by atoms with Gasteiger partial charge < -0.3 is 19.5 Å². The number of fused-ring (bicyclic) bond motifs is 1. The molecule has 0 saturated heterocycles. The van der Waals surface area contributed by atoms with Gasteiger partial charge in [-0.3, -0.25) is 4.79 Å². The van der Waals surface area contributed by atoms with Crippen LogP contribution < -0.4 is 19.5 Å². The fourth-order valence-electron chi connectivity index (χ4n) is 2.33. The number of carbonyl (C=O) groups excluding carboxylic acids is 1. The van der Waals surface area contributed by atoms with Crippen LogP contribution in [0.1, 0.15) is 5.56 Å². The molecule has 6 heteroatoms. The number of halogens is 1. The number of ether oxygens (including phenoxy) is 3. The number of hydrogen-bond donors (Lipinski definition) is 1. The van der Waals surface area contributed by atoms with E-state index in [2.05, 4.69) is 5.32 Å². The van der Waals surface area contributed by atoms with Gasteiger partial charge >= 0.3 is 0 Å². The molecular weight excluding hydrogens is 318 g/mol. The maximum absolute atomic E-state index is 12.2. The molecule has 0 saturated carbocycles. The number of hydrogen-bond acceptors (Lipinski definition) is 4. The number of nitrogens with one attached hydrogen (secondary N) is 1. The minimum absolute atomic E-state index is 0.136. The Hall–Kier alpha value is -2.40. The Morgan fingerprint density at radius 3 is 2.70 bits per heavy atom. The van der Waals surface area contributed by atoms with E-state index in [0.29, 0.717) is 41.2 Å². The van der Waals surface area contributed by atoms with Crippen molar-refractivity contribution in [2.75, 3.05) is 25.6 Å². The van der Waals surface area contributed by atoms with Gasteiger partial charge in [-0.25, -0.2) is 0 Å². The zero-order valence-electron chi connectivity index (χ0n) is 12.6. The summed E-state index contributed by atoms with van der Waals surface area (Å²) in [6.07, 6.45) is 0.220. The molecule has 120 valence electrons. The molecule has 1 aliphatic heterocycles. The summed E-state index contributed by atoms with van der Waals surface area (Å²) in [5, 5.41) is 3.32. The average molecular weight is 334 g/mol. The van der Waals surface area contributed by atoms with E-state index in [1.807, 2.05) is 6.07 Å². The summed E-state index contributed by atoms with van der Waals surface area (Å²) < 4.78 is 16.0. The predicted octanol–water partition coefficient (Wildman–Crippen LogP) is 3.30. The minimum atomic E-state index is -0.136. The van der Waals surface area contributed by atoms with Crippen molar-refractivity contribution in [2.24, 2.45) is 0 Å². The van der Waals surface area contributed by atoms with E-state index in [9.17, 15) is 4.79 Å². The van der Waals surface area contributed by atoms with E-state index in [0.717, 1.165) is 5.56 Å². The standard InChI is InChI=1S/C17H16ClNO4/c1-21-14-4-2-11(8-13(14)18)9-17(20)19-12-3-5-15-16(10-12)23-7-6-22-15/h2-5,8,10H,6-7,9H2,1H3,(H,19,20). The second-order valence-electron chi connectivity index (χ2n) is 5.05. The van der Waals surface area contributed by atoms with E-state index in [-0.39, 0.29) is 12.3 Å². The van der Waals surface area contributed by atoms with Gasteiger partial charge in [-0.2, -0.15) is 0 Å². The van der Waals surface area contributed by atoms with E-state index in [4.69, 9.17) is 25.8 Å². The molecule has 1 amide bonds. The third kappa shape index (κ3) is 3.68. The van der Waals surface area contributed by atoms with Crippen LogP contribution in [0.15, 0.2) is 36.4 Å². The molecule has 0 bridgehead atoms. The molecule has 0 aliphatic carbocycles. The molecule has 1 aliphatic rings. The molecule has 0 aromatic heterocycles. The van der Waals surface area contributed by atoms with E-state index >= 15 is 0 Å². The molecule has 1 N–H and O–H groups in total. The Kier molecular flexibility index (Phi) is 4.57. The molecule has 1 heterocycles. The van der Waals surface area contributed by atoms with E-state index < -0.39 is 0 Å². The fraction of sp³-hybridized carbons (Fsp3) is 0.235. The van der Waals surface area contributed by atoms with Crippen molar-refractivity contribution < 1.29 is 19.0 Å². The lowest BCUT2D eigenvalue weighted by molar-refractivity contribution is -0.115. The van der Waals surface area contributed by atoms with E-state index in [1.54, 1.807) is 37.4 Å². The van der Waals surface area contributed by atoms with Gasteiger partial charge in [0.15, 0.2) is 11.5 Å². The van der Waals surface area contributed by atoms with Crippen LogP contribution in [-0.4, -0.2) is 26.2 Å². The van der Waals surface area contributed by atoms with Crippen molar-refractivity contribution in [2.45, 2.75) is 6.42 Å². The highest BCUT2D eigenvalue weighted by Gasteiger charge is 2.13. The average Bonchev–Trinajstić information content (AvgIpc) is 2.55. The lowest BCUT2D eigenvalue weighted by Gasteiger charge is -2.19. The Labute approximate surface area is 139 Å². The van der Waals surface area contributed by atoms with Gasteiger partial charge in [-0.15, -0.1) is 0 Å². The number of amides is 1. The van der Waals surface area contributed by atoms with Gasteiger partial charge in [-0.05, 0) is 29.8 Å². The maximum Gasteiger partial charge on any atom is 0.228 e. The van der Waals surface area contributed by atoms with Crippen LogP contribution in [0.25, 0.3) is 0 Å². The fourth-order valence-corrected chi connectivity index (χ4v) is 2.61. The van der Waals surface area contributed by atoms with Gasteiger partial charge in [0.05, 0.1) is 18.6 Å². The molecule has 0 fully saturated rings. The number of benzene rings is 2. The number of anilines is 1. The Bertz CT molecular complexity index is 733. The van der Waals surface area contributed by atoms with Crippen LogP contribution in [0.2, 0.25) is 5.02 Å². The van der Waals surface area contributed by atoms with Gasteiger partial charge in [0.1, 0.15) is 19.0 Å². The smallest absolute Gasteiger partial charge is 0.228 e. The normalized spacial score (nSPS) is 12.6. The monoisotopic (exact) mass is 333 g/mol. The second-order valence-corrected chi connectivity index (χ2v) is 5.46. The molecule has 3 rings (SSSR count). The van der Waals surface area contributed by atoms with Crippen molar-refractivity contribution in [3.05, 3.63) is 47.0 Å². The van der Waals surface area contributed by atoms with Crippen LogP contribution in [0.3, 0.4) is 0 Å². The number of methoxy groups -OCH3 is 1. The van der Waals surface area contributed by atoms with Crippen molar-refractivity contribution in [3.8, 4) is 17.2 Å². The summed E-state index contributed by atoms with van der Waals surface area (Å²) in [5.41, 5.74) is 1.48. The maximum atomic E-state index is 12.2. The molecule has 0 radical (unpaired) electrons. The third-order valence-corrected chi connectivity index (χ3v) is 3.70.